The Balaban J connectivity index is 1.68. The first-order valence-electron chi connectivity index (χ1n) is 8.64. The molecular weight excluding hydrogens is 500 g/mol. The van der Waals surface area contributed by atoms with Crippen LogP contribution < -0.4 is 10.2 Å². The van der Waals surface area contributed by atoms with Gasteiger partial charge in [0.05, 0.1) is 18.2 Å². The lowest BCUT2D eigenvalue weighted by Crippen LogP contribution is -2.19. The quantitative estimate of drug-likeness (QED) is 0.214. The van der Waals surface area contributed by atoms with Crippen LogP contribution >= 0.6 is 31.9 Å². The molecule has 0 aliphatic rings. The highest BCUT2D eigenvalue weighted by Gasteiger charge is 2.11. The number of esters is 1. The Bertz CT molecular complexity index is 1040. The molecule has 0 saturated heterocycles. The summed E-state index contributed by atoms with van der Waals surface area (Å²) in [4.78, 5) is 24.4. The Hall–Kier alpha value is -2.77. The molecular formula is C22H16Br2N2O3. The van der Waals surface area contributed by atoms with Crippen LogP contribution in [0.2, 0.25) is 0 Å². The number of ether oxygens (including phenoxy) is 1. The van der Waals surface area contributed by atoms with Gasteiger partial charge in [-0.25, -0.2) is 10.2 Å². The molecule has 0 spiro atoms. The minimum absolute atomic E-state index is 0.224. The minimum atomic E-state index is -0.484. The van der Waals surface area contributed by atoms with Crippen LogP contribution in [0.1, 0.15) is 21.5 Å². The molecule has 0 aliphatic heterocycles. The molecule has 3 aromatic rings. The van der Waals surface area contributed by atoms with E-state index < -0.39 is 5.97 Å². The second kappa shape index (κ2) is 10.1. The van der Waals surface area contributed by atoms with Gasteiger partial charge in [0.2, 0.25) is 5.91 Å². The average molecular weight is 516 g/mol. The van der Waals surface area contributed by atoms with Crippen molar-refractivity contribution in [3.63, 3.8) is 0 Å². The van der Waals surface area contributed by atoms with Crippen LogP contribution in [0.5, 0.6) is 5.75 Å². The van der Waals surface area contributed by atoms with Gasteiger partial charge in [-0.2, -0.15) is 5.10 Å². The summed E-state index contributed by atoms with van der Waals surface area (Å²) in [7, 11) is 0. The molecule has 0 unspecified atom stereocenters. The van der Waals surface area contributed by atoms with Crippen molar-refractivity contribution in [1.82, 2.24) is 5.43 Å². The van der Waals surface area contributed by atoms with Gasteiger partial charge in [-0.1, -0.05) is 62.2 Å². The van der Waals surface area contributed by atoms with E-state index >= 15 is 0 Å². The lowest BCUT2D eigenvalue weighted by molar-refractivity contribution is -0.120. The van der Waals surface area contributed by atoms with Crippen LogP contribution in [0.15, 0.2) is 86.8 Å². The number of hydrazone groups is 1. The van der Waals surface area contributed by atoms with Crippen LogP contribution in [-0.2, 0) is 11.2 Å². The Morgan fingerprint density at radius 3 is 2.34 bits per heavy atom. The van der Waals surface area contributed by atoms with Crippen LogP contribution in [0.3, 0.4) is 0 Å². The van der Waals surface area contributed by atoms with Crippen LogP contribution in [0.25, 0.3) is 0 Å². The maximum atomic E-state index is 12.4. The van der Waals surface area contributed by atoms with E-state index in [1.165, 1.54) is 6.21 Å². The zero-order valence-electron chi connectivity index (χ0n) is 15.1. The highest BCUT2D eigenvalue weighted by atomic mass is 79.9. The zero-order chi connectivity index (χ0) is 20.6. The Kier molecular flexibility index (Phi) is 7.32. The monoisotopic (exact) mass is 514 g/mol. The number of hydrogen-bond donors (Lipinski definition) is 1. The number of rotatable bonds is 6. The van der Waals surface area contributed by atoms with Crippen molar-refractivity contribution in [2.24, 2.45) is 5.10 Å². The van der Waals surface area contributed by atoms with Gasteiger partial charge in [0, 0.05) is 14.5 Å². The number of benzene rings is 3. The summed E-state index contributed by atoms with van der Waals surface area (Å²) in [6, 6.07) is 21.4. The van der Waals surface area contributed by atoms with E-state index in [1.54, 1.807) is 42.5 Å². The van der Waals surface area contributed by atoms with Gasteiger partial charge >= 0.3 is 5.97 Å². The van der Waals surface area contributed by atoms with Gasteiger partial charge in [0.1, 0.15) is 5.75 Å². The van der Waals surface area contributed by atoms with E-state index in [0.29, 0.717) is 16.9 Å². The number of amides is 1. The summed E-state index contributed by atoms with van der Waals surface area (Å²) in [6.07, 6.45) is 1.67. The van der Waals surface area contributed by atoms with E-state index in [0.717, 1.165) is 14.5 Å². The van der Waals surface area contributed by atoms with Crippen molar-refractivity contribution >= 4 is 50.0 Å². The molecule has 146 valence electrons. The molecule has 3 rings (SSSR count). The third-order valence-electron chi connectivity index (χ3n) is 3.85. The van der Waals surface area contributed by atoms with Gasteiger partial charge < -0.3 is 4.74 Å². The normalized spacial score (nSPS) is 10.7. The second-order valence-electron chi connectivity index (χ2n) is 6.03. The summed E-state index contributed by atoms with van der Waals surface area (Å²) >= 11 is 6.72. The van der Waals surface area contributed by atoms with Gasteiger partial charge in [0.15, 0.2) is 0 Å². The molecule has 7 heteroatoms. The molecule has 0 heterocycles. The number of hydrogen-bond acceptors (Lipinski definition) is 4. The molecule has 1 amide bonds. The molecule has 5 nitrogen and oxygen atoms in total. The Morgan fingerprint density at radius 1 is 0.931 bits per heavy atom. The molecule has 0 fully saturated rings. The predicted molar refractivity (Wildman–Crippen MR) is 119 cm³/mol. The summed E-state index contributed by atoms with van der Waals surface area (Å²) in [5.74, 6) is -0.388. The van der Waals surface area contributed by atoms with Crippen LogP contribution in [0, 0.1) is 0 Å². The molecule has 0 bridgehead atoms. The van der Waals surface area contributed by atoms with Crippen LogP contribution in [0.4, 0.5) is 0 Å². The number of carbonyl (C=O) groups is 2. The largest absolute Gasteiger partial charge is 0.422 e. The van der Waals surface area contributed by atoms with Gasteiger partial charge in [0.25, 0.3) is 0 Å². The van der Waals surface area contributed by atoms with Gasteiger partial charge in [-0.15, -0.1) is 0 Å². The summed E-state index contributed by atoms with van der Waals surface area (Å²) in [5.41, 5.74) is 4.35. The molecule has 0 aromatic heterocycles. The summed E-state index contributed by atoms with van der Waals surface area (Å²) in [6.45, 7) is 0. The van der Waals surface area contributed by atoms with E-state index in [1.807, 2.05) is 30.3 Å². The highest BCUT2D eigenvalue weighted by molar-refractivity contribution is 9.10. The zero-order valence-corrected chi connectivity index (χ0v) is 18.3. The third-order valence-corrected chi connectivity index (χ3v) is 4.88. The van der Waals surface area contributed by atoms with E-state index in [-0.39, 0.29) is 12.3 Å². The predicted octanol–water partition coefficient (Wildman–Crippen LogP) is 5.12. The standard InChI is InChI=1S/C22H16Br2N2O3/c23-18-8-6-16(7-9-18)22(28)29-20-11-10-19(24)13-17(20)14-25-26-21(27)12-15-4-2-1-3-5-15/h1-11,13-14H,12H2,(H,26,27). The van der Waals surface area contributed by atoms with E-state index in [9.17, 15) is 9.59 Å². The summed E-state index contributed by atoms with van der Waals surface area (Å²) < 4.78 is 7.16. The smallest absolute Gasteiger partial charge is 0.343 e. The van der Waals surface area contributed by atoms with E-state index in [4.69, 9.17) is 4.74 Å². The molecule has 1 N–H and O–H groups in total. The van der Waals surface area contributed by atoms with Crippen molar-refractivity contribution in [2.45, 2.75) is 6.42 Å². The maximum Gasteiger partial charge on any atom is 0.343 e. The average Bonchev–Trinajstić information content (AvgIpc) is 2.71. The SMILES string of the molecule is O=C(Cc1ccccc1)NN=Cc1cc(Br)ccc1OC(=O)c1ccc(Br)cc1. The molecule has 0 radical (unpaired) electrons. The highest BCUT2D eigenvalue weighted by Crippen LogP contribution is 2.23. The first-order valence-corrected chi connectivity index (χ1v) is 10.2. The van der Waals surface area contributed by atoms with Crippen molar-refractivity contribution in [2.75, 3.05) is 0 Å². The Labute approximate surface area is 185 Å². The number of nitrogens with one attached hydrogen (secondary N) is 1. The molecule has 29 heavy (non-hydrogen) atoms. The molecule has 0 aliphatic carbocycles. The summed E-state index contributed by atoms with van der Waals surface area (Å²) in [5, 5.41) is 3.99. The van der Waals surface area contributed by atoms with Gasteiger partial charge in [-0.3, -0.25) is 4.79 Å². The fourth-order valence-corrected chi connectivity index (χ4v) is 3.10. The van der Waals surface area contributed by atoms with Crippen molar-refractivity contribution in [1.29, 1.82) is 0 Å². The minimum Gasteiger partial charge on any atom is -0.422 e. The lowest BCUT2D eigenvalue weighted by atomic mass is 10.1. The second-order valence-corrected chi connectivity index (χ2v) is 7.87. The molecule has 0 atom stereocenters. The fraction of sp³-hybridized carbons (Fsp3) is 0.0455. The van der Waals surface area contributed by atoms with Crippen molar-refractivity contribution in [3.05, 3.63) is 98.4 Å². The van der Waals surface area contributed by atoms with Crippen molar-refractivity contribution in [3.8, 4) is 5.75 Å². The number of halogens is 2. The third kappa shape index (κ3) is 6.37. The maximum absolute atomic E-state index is 12.4. The van der Waals surface area contributed by atoms with Crippen molar-refractivity contribution < 1.29 is 14.3 Å². The molecule has 3 aromatic carbocycles. The first-order chi connectivity index (χ1) is 14.0. The molecule has 0 saturated carbocycles. The van der Waals surface area contributed by atoms with Crippen LogP contribution in [-0.4, -0.2) is 18.1 Å². The first kappa shape index (κ1) is 21.0. The van der Waals surface area contributed by atoms with Gasteiger partial charge in [-0.05, 0) is 48.0 Å². The Morgan fingerprint density at radius 2 is 1.62 bits per heavy atom. The fourth-order valence-electron chi connectivity index (χ4n) is 2.45. The lowest BCUT2D eigenvalue weighted by Gasteiger charge is -2.08. The topological polar surface area (TPSA) is 67.8 Å². The van der Waals surface area contributed by atoms with E-state index in [2.05, 4.69) is 42.4 Å². The number of nitrogens with zero attached hydrogens (tertiary/aromatic N) is 1. The number of carbonyl (C=O) groups excluding carboxylic acids is 2.